The van der Waals surface area contributed by atoms with E-state index in [1.807, 2.05) is 5.38 Å². The average Bonchev–Trinajstić information content (AvgIpc) is 2.37. The Hall–Kier alpha value is -0.450. The number of aromatic nitrogens is 1. The van der Waals surface area contributed by atoms with Crippen molar-refractivity contribution in [2.45, 2.75) is 32.0 Å². The summed E-state index contributed by atoms with van der Waals surface area (Å²) in [5.41, 5.74) is -1.05. The molecule has 12 heavy (non-hydrogen) atoms. The molecule has 3 nitrogen and oxygen atoms in total. The van der Waals surface area contributed by atoms with E-state index in [9.17, 15) is 10.2 Å². The minimum atomic E-state index is -1.05. The van der Waals surface area contributed by atoms with Gasteiger partial charge in [-0.25, -0.2) is 4.98 Å². The van der Waals surface area contributed by atoms with E-state index in [-0.39, 0.29) is 0 Å². The summed E-state index contributed by atoms with van der Waals surface area (Å²) >= 11 is 1.49. The maximum Gasteiger partial charge on any atom is 0.0951 e. The second-order valence-corrected chi connectivity index (χ2v) is 4.28. The van der Waals surface area contributed by atoms with E-state index in [2.05, 4.69) is 4.98 Å². The standard InChI is InChI=1S/C8H13NO2S/c1-8(2,11)6(10)5-7-9-3-4-12-7/h3-4,6,10-11H,5H2,1-2H3. The monoisotopic (exact) mass is 187 g/mol. The van der Waals surface area contributed by atoms with Crippen molar-refractivity contribution in [1.82, 2.24) is 4.98 Å². The van der Waals surface area contributed by atoms with Gasteiger partial charge in [0.2, 0.25) is 0 Å². The summed E-state index contributed by atoms with van der Waals surface area (Å²) < 4.78 is 0. The van der Waals surface area contributed by atoms with Gasteiger partial charge in [-0.05, 0) is 13.8 Å². The molecular weight excluding hydrogens is 174 g/mol. The fraction of sp³-hybridized carbons (Fsp3) is 0.625. The van der Waals surface area contributed by atoms with Gasteiger partial charge in [0, 0.05) is 18.0 Å². The second-order valence-electron chi connectivity index (χ2n) is 3.30. The lowest BCUT2D eigenvalue weighted by atomic mass is 10.00. The van der Waals surface area contributed by atoms with Crippen LogP contribution in [0.3, 0.4) is 0 Å². The molecule has 1 aromatic heterocycles. The maximum atomic E-state index is 9.47. The van der Waals surface area contributed by atoms with E-state index >= 15 is 0 Å². The summed E-state index contributed by atoms with van der Waals surface area (Å²) in [6.45, 7) is 3.18. The van der Waals surface area contributed by atoms with E-state index in [0.29, 0.717) is 6.42 Å². The van der Waals surface area contributed by atoms with E-state index in [1.54, 1.807) is 20.0 Å². The Bertz CT molecular complexity index is 228. The molecule has 1 rings (SSSR count). The molecule has 0 bridgehead atoms. The molecule has 0 aliphatic heterocycles. The van der Waals surface area contributed by atoms with Crippen molar-refractivity contribution in [3.05, 3.63) is 16.6 Å². The number of hydrogen-bond donors (Lipinski definition) is 2. The van der Waals surface area contributed by atoms with Gasteiger partial charge in [0.05, 0.1) is 16.7 Å². The normalized spacial score (nSPS) is 14.7. The molecule has 1 unspecified atom stereocenters. The molecule has 0 spiro atoms. The largest absolute Gasteiger partial charge is 0.390 e. The topological polar surface area (TPSA) is 53.4 Å². The van der Waals surface area contributed by atoms with Crippen LogP contribution < -0.4 is 0 Å². The third-order valence-corrected chi connectivity index (χ3v) is 2.47. The van der Waals surface area contributed by atoms with Crippen molar-refractivity contribution < 1.29 is 10.2 Å². The fourth-order valence-electron chi connectivity index (χ4n) is 0.769. The summed E-state index contributed by atoms with van der Waals surface area (Å²) in [6.07, 6.45) is 1.36. The van der Waals surface area contributed by atoms with Crippen LogP contribution in [0.5, 0.6) is 0 Å². The SMILES string of the molecule is CC(C)(O)C(O)Cc1nccs1. The Morgan fingerprint density at radius 3 is 2.75 bits per heavy atom. The van der Waals surface area contributed by atoms with Gasteiger partial charge in [-0.15, -0.1) is 11.3 Å². The van der Waals surface area contributed by atoms with Crippen LogP contribution in [0.25, 0.3) is 0 Å². The van der Waals surface area contributed by atoms with Crippen LogP contribution in [0.1, 0.15) is 18.9 Å². The summed E-state index contributed by atoms with van der Waals surface area (Å²) in [5, 5.41) is 21.6. The van der Waals surface area contributed by atoms with Crippen molar-refractivity contribution >= 4 is 11.3 Å². The van der Waals surface area contributed by atoms with Gasteiger partial charge in [0.15, 0.2) is 0 Å². The highest BCUT2D eigenvalue weighted by atomic mass is 32.1. The Kier molecular flexibility index (Phi) is 2.82. The predicted octanol–water partition coefficient (Wildman–Crippen LogP) is 0.817. The molecule has 0 saturated carbocycles. The average molecular weight is 187 g/mol. The molecular formula is C8H13NO2S. The predicted molar refractivity (Wildman–Crippen MR) is 48.1 cm³/mol. The van der Waals surface area contributed by atoms with E-state index < -0.39 is 11.7 Å². The van der Waals surface area contributed by atoms with Crippen molar-refractivity contribution in [3.8, 4) is 0 Å². The van der Waals surface area contributed by atoms with Gasteiger partial charge >= 0.3 is 0 Å². The van der Waals surface area contributed by atoms with Gasteiger partial charge in [-0.3, -0.25) is 0 Å². The van der Waals surface area contributed by atoms with Gasteiger partial charge in [0.1, 0.15) is 0 Å². The molecule has 0 radical (unpaired) electrons. The Labute approximate surface area is 75.7 Å². The summed E-state index contributed by atoms with van der Waals surface area (Å²) in [6, 6.07) is 0. The van der Waals surface area contributed by atoms with Crippen molar-refractivity contribution in [2.75, 3.05) is 0 Å². The Morgan fingerprint density at radius 2 is 2.33 bits per heavy atom. The molecule has 68 valence electrons. The minimum Gasteiger partial charge on any atom is -0.390 e. The van der Waals surface area contributed by atoms with Crippen LogP contribution >= 0.6 is 11.3 Å². The number of thiazole rings is 1. The highest BCUT2D eigenvalue weighted by molar-refractivity contribution is 7.09. The van der Waals surface area contributed by atoms with Crippen LogP contribution in [-0.2, 0) is 6.42 Å². The van der Waals surface area contributed by atoms with Gasteiger partial charge in [-0.2, -0.15) is 0 Å². The lowest BCUT2D eigenvalue weighted by Gasteiger charge is -2.23. The quantitative estimate of drug-likeness (QED) is 0.736. The molecule has 4 heteroatoms. The third-order valence-electron chi connectivity index (χ3n) is 1.67. The molecule has 0 aliphatic carbocycles. The number of aliphatic hydroxyl groups is 2. The fourth-order valence-corrected chi connectivity index (χ4v) is 1.42. The van der Waals surface area contributed by atoms with Crippen molar-refractivity contribution in [1.29, 1.82) is 0 Å². The second kappa shape index (κ2) is 3.51. The summed E-state index contributed by atoms with van der Waals surface area (Å²) in [5.74, 6) is 0. The molecule has 2 N–H and O–H groups in total. The highest BCUT2D eigenvalue weighted by Crippen LogP contribution is 2.15. The van der Waals surface area contributed by atoms with Crippen LogP contribution in [-0.4, -0.2) is 26.9 Å². The summed E-state index contributed by atoms with van der Waals surface area (Å²) in [7, 11) is 0. The van der Waals surface area contributed by atoms with E-state index in [1.165, 1.54) is 11.3 Å². The lowest BCUT2D eigenvalue weighted by Crippen LogP contribution is -2.37. The Morgan fingerprint density at radius 1 is 1.67 bits per heavy atom. The number of hydrogen-bond acceptors (Lipinski definition) is 4. The van der Waals surface area contributed by atoms with E-state index in [0.717, 1.165) is 5.01 Å². The molecule has 0 fully saturated rings. The first-order chi connectivity index (χ1) is 5.50. The van der Waals surface area contributed by atoms with Crippen LogP contribution in [0.4, 0.5) is 0 Å². The first-order valence-corrected chi connectivity index (χ1v) is 4.67. The van der Waals surface area contributed by atoms with Crippen molar-refractivity contribution in [3.63, 3.8) is 0 Å². The smallest absolute Gasteiger partial charge is 0.0951 e. The number of nitrogens with zero attached hydrogens (tertiary/aromatic N) is 1. The zero-order valence-electron chi connectivity index (χ0n) is 7.19. The lowest BCUT2D eigenvalue weighted by molar-refractivity contribution is -0.0469. The number of rotatable bonds is 3. The van der Waals surface area contributed by atoms with Gasteiger partial charge in [0.25, 0.3) is 0 Å². The molecule has 0 amide bonds. The number of aliphatic hydroxyl groups excluding tert-OH is 1. The first kappa shape index (κ1) is 9.64. The Balaban J connectivity index is 2.53. The summed E-state index contributed by atoms with van der Waals surface area (Å²) in [4.78, 5) is 4.02. The zero-order chi connectivity index (χ0) is 9.19. The molecule has 1 heterocycles. The van der Waals surface area contributed by atoms with Gasteiger partial charge < -0.3 is 10.2 Å². The maximum absolute atomic E-state index is 9.47. The van der Waals surface area contributed by atoms with Crippen LogP contribution in [0, 0.1) is 0 Å². The zero-order valence-corrected chi connectivity index (χ0v) is 8.01. The third kappa shape index (κ3) is 2.55. The highest BCUT2D eigenvalue weighted by Gasteiger charge is 2.25. The molecule has 0 aliphatic rings. The molecule has 1 atom stereocenters. The first-order valence-electron chi connectivity index (χ1n) is 3.79. The van der Waals surface area contributed by atoms with Crippen LogP contribution in [0.15, 0.2) is 11.6 Å². The molecule has 0 aromatic carbocycles. The van der Waals surface area contributed by atoms with Crippen molar-refractivity contribution in [2.24, 2.45) is 0 Å². The van der Waals surface area contributed by atoms with E-state index in [4.69, 9.17) is 0 Å². The molecule has 0 saturated heterocycles. The van der Waals surface area contributed by atoms with Gasteiger partial charge in [-0.1, -0.05) is 0 Å². The minimum absolute atomic E-state index is 0.418. The van der Waals surface area contributed by atoms with Crippen LogP contribution in [0.2, 0.25) is 0 Å². The molecule has 1 aromatic rings.